The van der Waals surface area contributed by atoms with Crippen LogP contribution in [0.2, 0.25) is 0 Å². The summed E-state index contributed by atoms with van der Waals surface area (Å²) < 4.78 is 60.3. The maximum absolute atomic E-state index is 16.0. The molecule has 33 heavy (non-hydrogen) atoms. The summed E-state index contributed by atoms with van der Waals surface area (Å²) in [6.45, 7) is 2.06. The Morgan fingerprint density at radius 1 is 1.09 bits per heavy atom. The molecule has 2 aliphatic heterocycles. The molecule has 1 aromatic heterocycles. The second kappa shape index (κ2) is 7.96. The monoisotopic (exact) mass is 461 g/mol. The summed E-state index contributed by atoms with van der Waals surface area (Å²) in [4.78, 5) is 26.5. The van der Waals surface area contributed by atoms with Crippen LogP contribution >= 0.6 is 0 Å². The van der Waals surface area contributed by atoms with Gasteiger partial charge in [0.25, 0.3) is 0 Å². The lowest BCUT2D eigenvalue weighted by Gasteiger charge is -2.38. The van der Waals surface area contributed by atoms with Gasteiger partial charge < -0.3 is 15.0 Å². The maximum Gasteiger partial charge on any atom is 0.341 e. The van der Waals surface area contributed by atoms with Crippen molar-refractivity contribution in [3.63, 3.8) is 0 Å². The third-order valence-electron chi connectivity index (χ3n) is 6.49. The van der Waals surface area contributed by atoms with Gasteiger partial charge in [-0.05, 0) is 37.6 Å². The predicted octanol–water partition coefficient (Wildman–Crippen LogP) is 3.35. The molecule has 0 amide bonds. The normalized spacial score (nSPS) is 20.8. The molecule has 3 heterocycles. The standard InChI is InChI=1S/C23H19F4N3O3/c24-11-3-4-16(14(25)8-11)30-10-13(23(32)33)22(31)12-9-15(26)18(19(27)21(12)30)20-17-2-1-6-29(17)7-5-28-20/h3-4,8-10,17,20,28H,1-2,5-7H2,(H,32,33)/t17?,20-/m1/s1. The lowest BCUT2D eigenvalue weighted by atomic mass is 9.93. The summed E-state index contributed by atoms with van der Waals surface area (Å²) in [6.07, 6.45) is 2.39. The molecule has 172 valence electrons. The van der Waals surface area contributed by atoms with Crippen molar-refractivity contribution in [3.05, 3.63) is 75.1 Å². The van der Waals surface area contributed by atoms with Crippen molar-refractivity contribution in [2.75, 3.05) is 19.6 Å². The average Bonchev–Trinajstić information content (AvgIpc) is 3.24. The number of aromatic nitrogens is 1. The number of benzene rings is 2. The smallest absolute Gasteiger partial charge is 0.341 e. The van der Waals surface area contributed by atoms with Crippen LogP contribution in [0.15, 0.2) is 35.3 Å². The van der Waals surface area contributed by atoms with Gasteiger partial charge in [0.1, 0.15) is 23.0 Å². The summed E-state index contributed by atoms with van der Waals surface area (Å²) >= 11 is 0. The first kappa shape index (κ1) is 21.6. The number of hydrogen-bond acceptors (Lipinski definition) is 4. The number of nitrogens with zero attached hydrogens (tertiary/aromatic N) is 2. The number of halogens is 4. The Morgan fingerprint density at radius 2 is 1.88 bits per heavy atom. The Bertz CT molecular complexity index is 1360. The molecule has 2 N–H and O–H groups in total. The SMILES string of the molecule is O=C(O)c1cn(-c2ccc(F)cc2F)c2c(F)c([C@@H]3NCCN4CCCC34)c(F)cc2c1=O. The van der Waals surface area contributed by atoms with E-state index < -0.39 is 57.2 Å². The zero-order chi connectivity index (χ0) is 23.4. The molecule has 2 fully saturated rings. The van der Waals surface area contributed by atoms with E-state index in [1.54, 1.807) is 0 Å². The van der Waals surface area contributed by atoms with Crippen LogP contribution in [0.3, 0.4) is 0 Å². The zero-order valence-corrected chi connectivity index (χ0v) is 17.2. The first-order valence-corrected chi connectivity index (χ1v) is 10.5. The van der Waals surface area contributed by atoms with Gasteiger partial charge in [-0.15, -0.1) is 0 Å². The minimum atomic E-state index is -1.64. The van der Waals surface area contributed by atoms with Crippen molar-refractivity contribution < 1.29 is 27.5 Å². The van der Waals surface area contributed by atoms with Gasteiger partial charge in [0.15, 0.2) is 5.82 Å². The second-order valence-electron chi connectivity index (χ2n) is 8.30. The van der Waals surface area contributed by atoms with Crippen LogP contribution in [0.25, 0.3) is 16.6 Å². The van der Waals surface area contributed by atoms with Gasteiger partial charge in [-0.1, -0.05) is 0 Å². The Balaban J connectivity index is 1.84. The van der Waals surface area contributed by atoms with Gasteiger partial charge in [-0.25, -0.2) is 22.4 Å². The number of rotatable bonds is 3. The van der Waals surface area contributed by atoms with Crippen LogP contribution in [0.1, 0.15) is 34.8 Å². The Kier molecular flexibility index (Phi) is 5.21. The molecule has 0 aliphatic carbocycles. The third-order valence-corrected chi connectivity index (χ3v) is 6.49. The van der Waals surface area contributed by atoms with E-state index in [4.69, 9.17) is 0 Å². The highest BCUT2D eigenvalue weighted by molar-refractivity contribution is 5.93. The molecular weight excluding hydrogens is 442 g/mol. The maximum atomic E-state index is 16.0. The van der Waals surface area contributed by atoms with Gasteiger partial charge in [0.2, 0.25) is 5.43 Å². The second-order valence-corrected chi connectivity index (χ2v) is 8.30. The number of pyridine rings is 1. The molecule has 0 saturated carbocycles. The fourth-order valence-corrected chi connectivity index (χ4v) is 5.03. The highest BCUT2D eigenvalue weighted by Crippen LogP contribution is 2.37. The molecule has 5 rings (SSSR count). The van der Waals surface area contributed by atoms with E-state index in [2.05, 4.69) is 10.2 Å². The third kappa shape index (κ3) is 3.41. The molecule has 0 radical (unpaired) electrons. The first-order valence-electron chi connectivity index (χ1n) is 10.5. The number of carboxylic acid groups (broad SMARTS) is 1. The van der Waals surface area contributed by atoms with E-state index in [1.165, 1.54) is 0 Å². The molecule has 10 heteroatoms. The van der Waals surface area contributed by atoms with E-state index in [0.717, 1.165) is 54.9 Å². The first-order chi connectivity index (χ1) is 15.8. The van der Waals surface area contributed by atoms with Crippen LogP contribution in [-0.2, 0) is 0 Å². The summed E-state index contributed by atoms with van der Waals surface area (Å²) in [5.74, 6) is -5.70. The zero-order valence-electron chi connectivity index (χ0n) is 17.2. The molecule has 1 unspecified atom stereocenters. The van der Waals surface area contributed by atoms with Gasteiger partial charge in [0, 0.05) is 37.0 Å². The van der Waals surface area contributed by atoms with E-state index >= 15 is 8.78 Å². The van der Waals surface area contributed by atoms with Crippen LogP contribution in [0.5, 0.6) is 0 Å². The molecule has 2 saturated heterocycles. The van der Waals surface area contributed by atoms with Crippen molar-refractivity contribution in [3.8, 4) is 5.69 Å². The highest BCUT2D eigenvalue weighted by atomic mass is 19.1. The van der Waals surface area contributed by atoms with E-state index in [1.807, 2.05) is 0 Å². The molecule has 2 aliphatic rings. The molecule has 2 atom stereocenters. The minimum absolute atomic E-state index is 0.152. The van der Waals surface area contributed by atoms with Gasteiger partial charge in [-0.2, -0.15) is 0 Å². The quantitative estimate of drug-likeness (QED) is 0.586. The summed E-state index contributed by atoms with van der Waals surface area (Å²) in [7, 11) is 0. The van der Waals surface area contributed by atoms with E-state index in [0.29, 0.717) is 12.6 Å². The predicted molar refractivity (Wildman–Crippen MR) is 112 cm³/mol. The van der Waals surface area contributed by atoms with Crippen molar-refractivity contribution in [2.24, 2.45) is 0 Å². The van der Waals surface area contributed by atoms with Crippen LogP contribution < -0.4 is 10.7 Å². The fraction of sp³-hybridized carbons (Fsp3) is 0.304. The summed E-state index contributed by atoms with van der Waals surface area (Å²) in [5, 5.41) is 12.0. The summed E-state index contributed by atoms with van der Waals surface area (Å²) in [6, 6.07) is 2.43. The van der Waals surface area contributed by atoms with Crippen molar-refractivity contribution in [1.29, 1.82) is 0 Å². The Hall–Kier alpha value is -3.24. The van der Waals surface area contributed by atoms with Crippen molar-refractivity contribution in [2.45, 2.75) is 24.9 Å². The molecule has 2 aromatic carbocycles. The molecule has 0 spiro atoms. The fourth-order valence-electron chi connectivity index (χ4n) is 5.03. The number of hydrogen-bond donors (Lipinski definition) is 2. The molecule has 3 aromatic rings. The number of carbonyl (C=O) groups is 1. The van der Waals surface area contributed by atoms with Gasteiger partial charge >= 0.3 is 5.97 Å². The summed E-state index contributed by atoms with van der Waals surface area (Å²) in [5.41, 5.74) is -3.03. The van der Waals surface area contributed by atoms with Crippen LogP contribution in [0, 0.1) is 23.3 Å². The lowest BCUT2D eigenvalue weighted by Crippen LogP contribution is -2.50. The van der Waals surface area contributed by atoms with E-state index in [9.17, 15) is 23.5 Å². The van der Waals surface area contributed by atoms with Gasteiger partial charge in [-0.3, -0.25) is 9.69 Å². The van der Waals surface area contributed by atoms with Gasteiger partial charge in [0.05, 0.1) is 22.6 Å². The number of carboxylic acids is 1. The Morgan fingerprint density at radius 3 is 2.61 bits per heavy atom. The van der Waals surface area contributed by atoms with E-state index in [-0.39, 0.29) is 17.3 Å². The molecule has 6 nitrogen and oxygen atoms in total. The average molecular weight is 461 g/mol. The number of aromatic carboxylic acids is 1. The largest absolute Gasteiger partial charge is 0.477 e. The topological polar surface area (TPSA) is 74.6 Å². The van der Waals surface area contributed by atoms with Crippen molar-refractivity contribution in [1.82, 2.24) is 14.8 Å². The minimum Gasteiger partial charge on any atom is -0.477 e. The molecular formula is C23H19F4N3O3. The van der Waals surface area contributed by atoms with Crippen LogP contribution in [-0.4, -0.2) is 46.2 Å². The number of piperazine rings is 1. The lowest BCUT2D eigenvalue weighted by molar-refractivity contribution is 0.0695. The number of nitrogens with one attached hydrogen (secondary N) is 1. The van der Waals surface area contributed by atoms with Crippen LogP contribution in [0.4, 0.5) is 17.6 Å². The number of fused-ring (bicyclic) bond motifs is 2. The van der Waals surface area contributed by atoms with Crippen molar-refractivity contribution >= 4 is 16.9 Å². The Labute approximate surface area is 185 Å². The molecule has 0 bridgehead atoms. The highest BCUT2D eigenvalue weighted by Gasteiger charge is 2.39.